The molecular weight excluding hydrogens is 266 g/mol. The molecule has 1 aliphatic carbocycles. The molecule has 0 spiro atoms. The van der Waals surface area contributed by atoms with Crippen molar-refractivity contribution < 1.29 is 9.52 Å². The van der Waals surface area contributed by atoms with E-state index in [1.807, 2.05) is 17.7 Å². The molecule has 0 amide bonds. The van der Waals surface area contributed by atoms with Gasteiger partial charge in [0, 0.05) is 17.7 Å². The SMILES string of the molecule is Cc1occc1-c1cc(NC2CCCCC2)n(CCO)n1. The van der Waals surface area contributed by atoms with E-state index in [1.54, 1.807) is 6.26 Å². The van der Waals surface area contributed by atoms with Crippen LogP contribution >= 0.6 is 0 Å². The molecule has 3 rings (SSSR count). The lowest BCUT2D eigenvalue weighted by Crippen LogP contribution is -2.24. The minimum absolute atomic E-state index is 0.0881. The Morgan fingerprint density at radius 3 is 2.86 bits per heavy atom. The molecule has 21 heavy (non-hydrogen) atoms. The van der Waals surface area contributed by atoms with Crippen molar-refractivity contribution in [2.45, 2.75) is 51.6 Å². The van der Waals surface area contributed by atoms with E-state index in [4.69, 9.17) is 4.42 Å². The quantitative estimate of drug-likeness (QED) is 0.887. The van der Waals surface area contributed by atoms with Crippen LogP contribution in [0.1, 0.15) is 37.9 Å². The topological polar surface area (TPSA) is 63.2 Å². The zero-order valence-corrected chi connectivity index (χ0v) is 12.5. The van der Waals surface area contributed by atoms with E-state index in [0.29, 0.717) is 12.6 Å². The van der Waals surface area contributed by atoms with Crippen LogP contribution in [0.2, 0.25) is 0 Å². The largest absolute Gasteiger partial charge is 0.469 e. The van der Waals surface area contributed by atoms with Gasteiger partial charge in [-0.1, -0.05) is 19.3 Å². The number of aryl methyl sites for hydroxylation is 1. The fraction of sp³-hybridized carbons (Fsp3) is 0.562. The lowest BCUT2D eigenvalue weighted by Gasteiger charge is -2.23. The van der Waals surface area contributed by atoms with E-state index < -0.39 is 0 Å². The summed E-state index contributed by atoms with van der Waals surface area (Å²) in [6.45, 7) is 2.53. The maximum Gasteiger partial charge on any atom is 0.125 e. The summed E-state index contributed by atoms with van der Waals surface area (Å²) in [5, 5.41) is 17.4. The number of anilines is 1. The highest BCUT2D eigenvalue weighted by atomic mass is 16.3. The van der Waals surface area contributed by atoms with Crippen molar-refractivity contribution in [2.24, 2.45) is 0 Å². The van der Waals surface area contributed by atoms with Crippen molar-refractivity contribution in [2.75, 3.05) is 11.9 Å². The van der Waals surface area contributed by atoms with Crippen LogP contribution in [0.25, 0.3) is 11.3 Å². The number of hydrogen-bond acceptors (Lipinski definition) is 4. The standard InChI is InChI=1S/C16H23N3O2/c1-12-14(7-10-21-12)15-11-16(19(18-15)8-9-20)17-13-5-3-2-4-6-13/h7,10-11,13,17,20H,2-6,8-9H2,1H3. The maximum absolute atomic E-state index is 9.24. The van der Waals surface area contributed by atoms with E-state index in [9.17, 15) is 5.11 Å². The molecule has 1 aliphatic rings. The van der Waals surface area contributed by atoms with Crippen LogP contribution in [0.5, 0.6) is 0 Å². The molecule has 2 aromatic heterocycles. The number of nitrogens with one attached hydrogen (secondary N) is 1. The summed E-state index contributed by atoms with van der Waals surface area (Å²) in [5.41, 5.74) is 1.91. The van der Waals surface area contributed by atoms with Crippen molar-refractivity contribution in [1.82, 2.24) is 9.78 Å². The predicted octanol–water partition coefficient (Wildman–Crippen LogP) is 3.19. The second-order valence-corrected chi connectivity index (χ2v) is 5.73. The fourth-order valence-corrected chi connectivity index (χ4v) is 3.04. The van der Waals surface area contributed by atoms with Gasteiger partial charge in [-0.25, -0.2) is 4.68 Å². The number of hydrogen-bond donors (Lipinski definition) is 2. The first-order chi connectivity index (χ1) is 10.3. The van der Waals surface area contributed by atoms with Crippen molar-refractivity contribution in [1.29, 1.82) is 0 Å². The van der Waals surface area contributed by atoms with Gasteiger partial charge in [0.25, 0.3) is 0 Å². The fourth-order valence-electron chi connectivity index (χ4n) is 3.04. The third kappa shape index (κ3) is 3.13. The van der Waals surface area contributed by atoms with Gasteiger partial charge in [0.1, 0.15) is 11.6 Å². The molecule has 114 valence electrons. The van der Waals surface area contributed by atoms with Crippen molar-refractivity contribution in [3.63, 3.8) is 0 Å². The van der Waals surface area contributed by atoms with Crippen molar-refractivity contribution in [3.8, 4) is 11.3 Å². The average Bonchev–Trinajstić information content (AvgIpc) is 3.07. The molecule has 0 atom stereocenters. The average molecular weight is 289 g/mol. The summed E-state index contributed by atoms with van der Waals surface area (Å²) < 4.78 is 7.22. The Morgan fingerprint density at radius 2 is 2.19 bits per heavy atom. The molecule has 0 unspecified atom stereocenters. The third-order valence-corrected chi connectivity index (χ3v) is 4.18. The van der Waals surface area contributed by atoms with Gasteiger partial charge < -0.3 is 14.8 Å². The van der Waals surface area contributed by atoms with Gasteiger partial charge in [-0.3, -0.25) is 0 Å². The van der Waals surface area contributed by atoms with E-state index in [2.05, 4.69) is 16.5 Å². The molecule has 5 nitrogen and oxygen atoms in total. The zero-order valence-electron chi connectivity index (χ0n) is 12.5. The molecule has 0 saturated heterocycles. The second-order valence-electron chi connectivity index (χ2n) is 5.73. The first-order valence-corrected chi connectivity index (χ1v) is 7.77. The minimum Gasteiger partial charge on any atom is -0.469 e. The van der Waals surface area contributed by atoms with Crippen LogP contribution < -0.4 is 5.32 Å². The molecule has 1 saturated carbocycles. The van der Waals surface area contributed by atoms with E-state index in [0.717, 1.165) is 22.8 Å². The predicted molar refractivity (Wildman–Crippen MR) is 82.2 cm³/mol. The summed E-state index contributed by atoms with van der Waals surface area (Å²) in [5.74, 6) is 1.86. The molecule has 2 aromatic rings. The minimum atomic E-state index is 0.0881. The summed E-state index contributed by atoms with van der Waals surface area (Å²) in [7, 11) is 0. The van der Waals surface area contributed by atoms with E-state index >= 15 is 0 Å². The Balaban J connectivity index is 1.84. The smallest absolute Gasteiger partial charge is 0.125 e. The molecule has 2 heterocycles. The number of aromatic nitrogens is 2. The Kier molecular flexibility index (Phi) is 4.29. The second kappa shape index (κ2) is 6.35. The highest BCUT2D eigenvalue weighted by molar-refractivity contribution is 5.64. The summed E-state index contributed by atoms with van der Waals surface area (Å²) in [6.07, 6.45) is 8.03. The zero-order chi connectivity index (χ0) is 14.7. The van der Waals surface area contributed by atoms with Crippen LogP contribution in [0, 0.1) is 6.92 Å². The molecule has 0 bridgehead atoms. The normalized spacial score (nSPS) is 16.3. The molecule has 2 N–H and O–H groups in total. The highest BCUT2D eigenvalue weighted by Crippen LogP contribution is 2.28. The van der Waals surface area contributed by atoms with Crippen molar-refractivity contribution in [3.05, 3.63) is 24.2 Å². The van der Waals surface area contributed by atoms with E-state index in [1.165, 1.54) is 32.1 Å². The number of aliphatic hydroxyl groups excluding tert-OH is 1. The van der Waals surface area contributed by atoms with Crippen molar-refractivity contribution >= 4 is 5.82 Å². The van der Waals surface area contributed by atoms with Crippen LogP contribution in [-0.2, 0) is 6.54 Å². The molecule has 0 radical (unpaired) electrons. The first-order valence-electron chi connectivity index (χ1n) is 7.77. The number of aliphatic hydroxyl groups is 1. The maximum atomic E-state index is 9.24. The molecular formula is C16H23N3O2. The van der Waals surface area contributed by atoms with E-state index in [-0.39, 0.29) is 6.61 Å². The molecule has 0 aromatic carbocycles. The Hall–Kier alpha value is -1.75. The van der Waals surface area contributed by atoms with Crippen LogP contribution in [-0.4, -0.2) is 27.5 Å². The van der Waals surface area contributed by atoms with Gasteiger partial charge in [0.2, 0.25) is 0 Å². The molecule has 5 heteroatoms. The summed E-state index contributed by atoms with van der Waals surface area (Å²) >= 11 is 0. The molecule has 1 fully saturated rings. The first kappa shape index (κ1) is 14.2. The number of furan rings is 1. The van der Waals surface area contributed by atoms with Gasteiger partial charge in [-0.15, -0.1) is 0 Å². The Bertz CT molecular complexity index is 582. The van der Waals surface area contributed by atoms with Crippen LogP contribution in [0.4, 0.5) is 5.82 Å². The number of rotatable bonds is 5. The van der Waals surface area contributed by atoms with Gasteiger partial charge >= 0.3 is 0 Å². The van der Waals surface area contributed by atoms with Crippen LogP contribution in [0.3, 0.4) is 0 Å². The van der Waals surface area contributed by atoms with Gasteiger partial charge in [0.05, 0.1) is 25.1 Å². The lowest BCUT2D eigenvalue weighted by molar-refractivity contribution is 0.270. The van der Waals surface area contributed by atoms with Gasteiger partial charge in [-0.2, -0.15) is 5.10 Å². The summed E-state index contributed by atoms with van der Waals surface area (Å²) in [4.78, 5) is 0. The Morgan fingerprint density at radius 1 is 1.38 bits per heavy atom. The summed E-state index contributed by atoms with van der Waals surface area (Å²) in [6, 6.07) is 4.51. The highest BCUT2D eigenvalue weighted by Gasteiger charge is 2.17. The number of nitrogens with zero attached hydrogens (tertiary/aromatic N) is 2. The van der Waals surface area contributed by atoms with Gasteiger partial charge in [-0.05, 0) is 25.8 Å². The third-order valence-electron chi connectivity index (χ3n) is 4.18. The monoisotopic (exact) mass is 289 g/mol. The molecule has 0 aliphatic heterocycles. The lowest BCUT2D eigenvalue weighted by atomic mass is 9.95. The van der Waals surface area contributed by atoms with Gasteiger partial charge in [0.15, 0.2) is 0 Å². The van der Waals surface area contributed by atoms with Crippen LogP contribution in [0.15, 0.2) is 22.8 Å². The Labute approximate surface area is 125 Å².